The van der Waals surface area contributed by atoms with E-state index in [4.69, 9.17) is 28.4 Å². The van der Waals surface area contributed by atoms with Crippen LogP contribution in [0.2, 0.25) is 0 Å². The summed E-state index contributed by atoms with van der Waals surface area (Å²) in [6, 6.07) is 2.99. The van der Waals surface area contributed by atoms with Crippen LogP contribution in [0.4, 0.5) is 0 Å². The van der Waals surface area contributed by atoms with Crippen LogP contribution in [-0.4, -0.2) is 82.7 Å². The third-order valence-corrected chi connectivity index (χ3v) is 9.43. The number of ketones is 1. The first-order chi connectivity index (χ1) is 24.7. The van der Waals surface area contributed by atoms with Crippen molar-refractivity contribution in [3.8, 4) is 0 Å². The maximum atomic E-state index is 14.8. The summed E-state index contributed by atoms with van der Waals surface area (Å²) in [5, 5.41) is 0. The fourth-order valence-corrected chi connectivity index (χ4v) is 6.95. The van der Waals surface area contributed by atoms with E-state index in [0.29, 0.717) is 0 Å². The molecule has 1 heterocycles. The van der Waals surface area contributed by atoms with Crippen molar-refractivity contribution in [1.29, 1.82) is 0 Å². The lowest BCUT2D eigenvalue weighted by atomic mass is 9.72. The molecular weight excluding hydrogens is 690 g/mol. The number of hydrogen-bond acceptors (Lipinski definition) is 14. The van der Waals surface area contributed by atoms with E-state index in [1.807, 2.05) is 0 Å². The van der Waals surface area contributed by atoms with Gasteiger partial charge in [0.1, 0.15) is 12.2 Å². The van der Waals surface area contributed by atoms with Gasteiger partial charge in [-0.05, 0) is 18.1 Å². The van der Waals surface area contributed by atoms with Gasteiger partial charge in [-0.15, -0.1) is 0 Å². The lowest BCUT2D eigenvalue weighted by Gasteiger charge is -2.44. The van der Waals surface area contributed by atoms with Crippen LogP contribution >= 0.6 is 0 Å². The third kappa shape index (κ3) is 9.76. The van der Waals surface area contributed by atoms with Gasteiger partial charge in [-0.25, -0.2) is 4.79 Å². The van der Waals surface area contributed by atoms with Crippen molar-refractivity contribution in [3.63, 3.8) is 0 Å². The van der Waals surface area contributed by atoms with E-state index in [1.54, 1.807) is 54.5 Å². The highest BCUT2D eigenvalue weighted by Crippen LogP contribution is 2.51. The van der Waals surface area contributed by atoms with E-state index in [9.17, 15) is 33.6 Å². The van der Waals surface area contributed by atoms with E-state index < -0.39 is 107 Å². The van der Waals surface area contributed by atoms with Crippen LogP contribution in [-0.2, 0) is 57.2 Å². The average molecular weight is 742 g/mol. The SMILES string of the molecule is C=C1[C@H](OC(=O)C(C)C)[C@@H](OC(C)=O)[C@@H](OC(=O)c2cccnc2)C(C)(C)/C=C/[C@@H](C)C(=O)[C@@]2(OC(C)=O)C[C@H](C)[C@H](OC(=O)CC)[C@@H]2[C@H]1OC(C)=O. The van der Waals surface area contributed by atoms with E-state index in [1.165, 1.54) is 30.6 Å². The highest BCUT2D eigenvalue weighted by molar-refractivity contribution is 5.94. The van der Waals surface area contributed by atoms with E-state index in [-0.39, 0.29) is 24.0 Å². The van der Waals surface area contributed by atoms with Crippen LogP contribution in [0.5, 0.6) is 0 Å². The molecule has 0 amide bonds. The summed E-state index contributed by atoms with van der Waals surface area (Å²) in [5.74, 6) is -9.29. The van der Waals surface area contributed by atoms with Gasteiger partial charge in [-0.1, -0.05) is 67.2 Å². The van der Waals surface area contributed by atoms with Crippen LogP contribution in [0.15, 0.2) is 48.8 Å². The average Bonchev–Trinajstić information content (AvgIpc) is 3.34. The standard InChI is InChI=1S/C39H51NO13/c1-12-28(44)50-30-22(5)18-39(53-26(9)43)29(30)31(48-24(7)41)23(6)32(51-36(46)20(2)3)33(49-25(8)42)35(38(10,11)16-15-21(4)34(39)45)52-37(47)27-14-13-17-40-19-27/h13-17,19-22,29-33,35H,6,12,18H2,1-5,7-11H3/b16-15+/t21-,22+,29-,30+,31+,32+,33-,35-,39-/m1/s1. The minimum atomic E-state index is -2.06. The fourth-order valence-electron chi connectivity index (χ4n) is 6.95. The van der Waals surface area contributed by atoms with Crippen molar-refractivity contribution in [3.05, 3.63) is 54.4 Å². The number of carbonyl (C=O) groups excluding carboxylic acids is 7. The fraction of sp³-hybridized carbons (Fsp3) is 0.590. The number of ether oxygens (including phenoxy) is 6. The summed E-state index contributed by atoms with van der Waals surface area (Å²) in [5.41, 5.74) is -3.52. The van der Waals surface area contributed by atoms with Crippen LogP contribution in [0.1, 0.15) is 92.4 Å². The summed E-state index contributed by atoms with van der Waals surface area (Å²) in [7, 11) is 0. The van der Waals surface area contributed by atoms with Crippen molar-refractivity contribution in [2.24, 2.45) is 29.1 Å². The monoisotopic (exact) mass is 741 g/mol. The maximum Gasteiger partial charge on any atom is 0.340 e. The van der Waals surface area contributed by atoms with Gasteiger partial charge in [0, 0.05) is 62.9 Å². The van der Waals surface area contributed by atoms with Gasteiger partial charge in [0.25, 0.3) is 0 Å². The Hall–Kier alpha value is -4.88. The van der Waals surface area contributed by atoms with Gasteiger partial charge in [0.15, 0.2) is 29.7 Å². The van der Waals surface area contributed by atoms with Crippen molar-refractivity contribution in [1.82, 2.24) is 4.98 Å². The Bertz CT molecular complexity index is 1620. The summed E-state index contributed by atoms with van der Waals surface area (Å²) < 4.78 is 35.9. The number of Topliss-reactive ketones (excluding diaryl/α,β-unsaturated/α-hetero) is 1. The molecule has 3 rings (SSSR count). The van der Waals surface area contributed by atoms with E-state index in [0.717, 1.165) is 20.8 Å². The van der Waals surface area contributed by atoms with Gasteiger partial charge < -0.3 is 28.4 Å². The van der Waals surface area contributed by atoms with Crippen LogP contribution in [0.25, 0.3) is 0 Å². The molecule has 290 valence electrons. The summed E-state index contributed by atoms with van der Waals surface area (Å²) >= 11 is 0. The third-order valence-electron chi connectivity index (χ3n) is 9.43. The molecule has 9 atom stereocenters. The number of allylic oxidation sites excluding steroid dienone is 1. The van der Waals surface area contributed by atoms with Crippen LogP contribution in [0, 0.1) is 29.1 Å². The first kappa shape index (κ1) is 42.5. The largest absolute Gasteiger partial charge is 0.461 e. The van der Waals surface area contributed by atoms with Gasteiger partial charge in [-0.3, -0.25) is 33.8 Å². The first-order valence-electron chi connectivity index (χ1n) is 17.6. The Balaban J connectivity index is 2.50. The molecule has 0 radical (unpaired) electrons. The van der Waals surface area contributed by atoms with Gasteiger partial charge in [0.05, 0.1) is 17.4 Å². The molecule has 1 aromatic rings. The Kier molecular flexibility index (Phi) is 13.9. The zero-order chi connectivity index (χ0) is 40.0. The van der Waals surface area contributed by atoms with Crippen molar-refractivity contribution < 1.29 is 62.0 Å². The second-order valence-corrected chi connectivity index (χ2v) is 14.6. The first-order valence-corrected chi connectivity index (χ1v) is 17.6. The topological polar surface area (TPSA) is 188 Å². The summed E-state index contributed by atoms with van der Waals surface area (Å²) in [6.45, 7) is 18.8. The van der Waals surface area contributed by atoms with E-state index >= 15 is 0 Å². The zero-order valence-corrected chi connectivity index (χ0v) is 32.0. The van der Waals surface area contributed by atoms with Crippen molar-refractivity contribution in [2.45, 2.75) is 118 Å². The molecule has 0 spiro atoms. The summed E-state index contributed by atoms with van der Waals surface area (Å²) in [6.07, 6.45) is -2.03. The number of esters is 6. The van der Waals surface area contributed by atoms with Crippen molar-refractivity contribution >= 4 is 41.6 Å². The predicted molar refractivity (Wildman–Crippen MR) is 187 cm³/mol. The number of rotatable bonds is 9. The lowest BCUT2D eigenvalue weighted by molar-refractivity contribution is -0.191. The Morgan fingerprint density at radius 1 is 0.906 bits per heavy atom. The zero-order valence-electron chi connectivity index (χ0n) is 32.0. The highest BCUT2D eigenvalue weighted by atomic mass is 16.6. The number of nitrogens with zero attached hydrogens (tertiary/aromatic N) is 1. The molecule has 0 unspecified atom stereocenters. The molecule has 0 N–H and O–H groups in total. The number of hydrogen-bond donors (Lipinski definition) is 0. The molecule has 0 aromatic carbocycles. The number of pyridine rings is 1. The molecule has 0 bridgehead atoms. The Morgan fingerprint density at radius 2 is 1.55 bits per heavy atom. The normalized spacial score (nSPS) is 30.4. The number of aromatic nitrogens is 1. The minimum absolute atomic E-state index is 0.0506. The molecule has 14 heteroatoms. The van der Waals surface area contributed by atoms with Gasteiger partial charge in [0.2, 0.25) is 0 Å². The molecule has 1 saturated carbocycles. The summed E-state index contributed by atoms with van der Waals surface area (Å²) in [4.78, 5) is 97.7. The molecule has 14 nitrogen and oxygen atoms in total. The molecular formula is C39H51NO13. The van der Waals surface area contributed by atoms with Crippen LogP contribution in [0.3, 0.4) is 0 Å². The van der Waals surface area contributed by atoms with Gasteiger partial charge >= 0.3 is 35.8 Å². The molecule has 53 heavy (non-hydrogen) atoms. The molecule has 0 aliphatic heterocycles. The van der Waals surface area contributed by atoms with E-state index in [2.05, 4.69) is 11.6 Å². The number of carbonyl (C=O) groups is 7. The van der Waals surface area contributed by atoms with Crippen molar-refractivity contribution in [2.75, 3.05) is 0 Å². The smallest absolute Gasteiger partial charge is 0.340 e. The Labute approximate surface area is 309 Å². The predicted octanol–water partition coefficient (Wildman–Crippen LogP) is 4.68. The molecule has 1 aromatic heterocycles. The molecule has 2 aliphatic rings. The van der Waals surface area contributed by atoms with Gasteiger partial charge in [-0.2, -0.15) is 0 Å². The molecule has 2 aliphatic carbocycles. The second kappa shape index (κ2) is 17.3. The number of fused-ring (bicyclic) bond motifs is 1. The lowest BCUT2D eigenvalue weighted by Crippen LogP contribution is -2.59. The Morgan fingerprint density at radius 3 is 2.08 bits per heavy atom. The van der Waals surface area contributed by atoms with Crippen LogP contribution < -0.4 is 0 Å². The molecule has 1 fully saturated rings. The minimum Gasteiger partial charge on any atom is -0.461 e. The quantitative estimate of drug-likeness (QED) is 0.193. The maximum absolute atomic E-state index is 14.8. The molecule has 0 saturated heterocycles. The second-order valence-electron chi connectivity index (χ2n) is 14.6. The highest BCUT2D eigenvalue weighted by Gasteiger charge is 2.66.